The van der Waals surface area contributed by atoms with Gasteiger partial charge in [0.25, 0.3) is 0 Å². The van der Waals surface area contributed by atoms with E-state index in [1.54, 1.807) is 7.05 Å². The summed E-state index contributed by atoms with van der Waals surface area (Å²) in [4.78, 5) is 28.8. The molecule has 0 aromatic rings. The second kappa shape index (κ2) is 7.59. The number of amides is 1. The maximum absolute atomic E-state index is 11.8. The van der Waals surface area contributed by atoms with E-state index < -0.39 is 11.9 Å². The van der Waals surface area contributed by atoms with Crippen LogP contribution in [0.4, 0.5) is 0 Å². The van der Waals surface area contributed by atoms with Crippen LogP contribution in [0.15, 0.2) is 0 Å². The second-order valence-electron chi connectivity index (χ2n) is 5.83. The minimum atomic E-state index is -1.06. The SMILES string of the molecule is CC(C(=O)O)C(=O)N(C)CCN(C)C1CCN(C)CC1. The van der Waals surface area contributed by atoms with E-state index >= 15 is 0 Å². The maximum atomic E-state index is 11.8. The van der Waals surface area contributed by atoms with Crippen molar-refractivity contribution >= 4 is 11.9 Å². The molecule has 1 aliphatic heterocycles. The Morgan fingerprint density at radius 3 is 2.30 bits per heavy atom. The van der Waals surface area contributed by atoms with E-state index in [4.69, 9.17) is 5.11 Å². The van der Waals surface area contributed by atoms with Gasteiger partial charge in [-0.25, -0.2) is 0 Å². The molecule has 0 bridgehead atoms. The first-order valence-corrected chi connectivity index (χ1v) is 7.19. The molecule has 1 N–H and O–H groups in total. The van der Waals surface area contributed by atoms with Crippen LogP contribution in [0.3, 0.4) is 0 Å². The van der Waals surface area contributed by atoms with Crippen LogP contribution >= 0.6 is 0 Å². The van der Waals surface area contributed by atoms with Crippen molar-refractivity contribution in [1.29, 1.82) is 0 Å². The fourth-order valence-corrected chi connectivity index (χ4v) is 2.47. The van der Waals surface area contributed by atoms with E-state index in [9.17, 15) is 9.59 Å². The molecule has 1 fully saturated rings. The number of likely N-dealkylation sites (tertiary alicyclic amines) is 1. The predicted octanol–water partition coefficient (Wildman–Crippen LogP) is 0.192. The normalized spacial score (nSPS) is 19.1. The predicted molar refractivity (Wildman–Crippen MR) is 77.6 cm³/mol. The zero-order valence-corrected chi connectivity index (χ0v) is 13.0. The van der Waals surface area contributed by atoms with Gasteiger partial charge in [-0.3, -0.25) is 9.59 Å². The molecule has 0 saturated carbocycles. The summed E-state index contributed by atoms with van der Waals surface area (Å²) in [5.74, 6) is -2.35. The summed E-state index contributed by atoms with van der Waals surface area (Å²) < 4.78 is 0. The second-order valence-corrected chi connectivity index (χ2v) is 5.83. The van der Waals surface area contributed by atoms with Gasteiger partial charge in [-0.1, -0.05) is 0 Å². The summed E-state index contributed by atoms with van der Waals surface area (Å²) >= 11 is 0. The van der Waals surface area contributed by atoms with Crippen molar-refractivity contribution in [2.75, 3.05) is 47.3 Å². The Morgan fingerprint density at radius 1 is 1.25 bits per heavy atom. The van der Waals surface area contributed by atoms with Gasteiger partial charge in [-0.2, -0.15) is 0 Å². The fraction of sp³-hybridized carbons (Fsp3) is 0.857. The summed E-state index contributed by atoms with van der Waals surface area (Å²) in [7, 11) is 5.88. The third kappa shape index (κ3) is 4.76. The van der Waals surface area contributed by atoms with Crippen LogP contribution in [0, 0.1) is 5.92 Å². The standard InChI is InChI=1S/C14H27N3O3/c1-11(14(19)20)13(18)17(4)10-9-16(3)12-5-7-15(2)8-6-12/h11-12H,5-10H2,1-4H3,(H,19,20). The molecule has 0 aromatic heterocycles. The Hall–Kier alpha value is -1.14. The van der Waals surface area contributed by atoms with Crippen molar-refractivity contribution in [3.8, 4) is 0 Å². The van der Waals surface area contributed by atoms with Gasteiger partial charge in [0.05, 0.1) is 0 Å². The Labute approximate surface area is 121 Å². The molecule has 1 aliphatic rings. The molecule has 1 rings (SSSR count). The van der Waals surface area contributed by atoms with Gasteiger partial charge in [-0.15, -0.1) is 0 Å². The summed E-state index contributed by atoms with van der Waals surface area (Å²) in [6, 6.07) is 0.562. The number of piperidine rings is 1. The van der Waals surface area contributed by atoms with Crippen molar-refractivity contribution in [1.82, 2.24) is 14.7 Å². The van der Waals surface area contributed by atoms with E-state index in [-0.39, 0.29) is 5.91 Å². The topological polar surface area (TPSA) is 64.1 Å². The van der Waals surface area contributed by atoms with E-state index in [1.807, 2.05) is 0 Å². The molecule has 6 nitrogen and oxygen atoms in total. The summed E-state index contributed by atoms with van der Waals surface area (Å²) in [5, 5.41) is 8.84. The van der Waals surface area contributed by atoms with Crippen LogP contribution < -0.4 is 0 Å². The number of carbonyl (C=O) groups excluding carboxylic acids is 1. The lowest BCUT2D eigenvalue weighted by molar-refractivity contribution is -0.149. The van der Waals surface area contributed by atoms with E-state index in [0.29, 0.717) is 12.6 Å². The number of carboxylic acid groups (broad SMARTS) is 1. The van der Waals surface area contributed by atoms with Gasteiger partial charge >= 0.3 is 5.97 Å². The number of hydrogen-bond acceptors (Lipinski definition) is 4. The number of carboxylic acids is 1. The van der Waals surface area contributed by atoms with Crippen LogP contribution in [0.25, 0.3) is 0 Å². The van der Waals surface area contributed by atoms with Crippen molar-refractivity contribution in [3.05, 3.63) is 0 Å². The van der Waals surface area contributed by atoms with Crippen LogP contribution in [0.1, 0.15) is 19.8 Å². The lowest BCUT2D eigenvalue weighted by Crippen LogP contribution is -2.45. The molecule has 0 aliphatic carbocycles. The minimum absolute atomic E-state index is 0.325. The monoisotopic (exact) mass is 285 g/mol. The number of carbonyl (C=O) groups is 2. The largest absolute Gasteiger partial charge is 0.481 e. The smallest absolute Gasteiger partial charge is 0.315 e. The third-order valence-corrected chi connectivity index (χ3v) is 4.22. The van der Waals surface area contributed by atoms with E-state index in [1.165, 1.54) is 11.8 Å². The molecule has 0 aromatic carbocycles. The molecule has 1 unspecified atom stereocenters. The highest BCUT2D eigenvalue weighted by atomic mass is 16.4. The third-order valence-electron chi connectivity index (χ3n) is 4.22. The van der Waals surface area contributed by atoms with Crippen LogP contribution in [-0.4, -0.2) is 85.0 Å². The molecule has 0 spiro atoms. The summed E-state index contributed by atoms with van der Waals surface area (Å²) in [6.45, 7) is 5.00. The van der Waals surface area contributed by atoms with E-state index in [0.717, 1.165) is 32.5 Å². The highest BCUT2D eigenvalue weighted by molar-refractivity contribution is 5.96. The molecule has 0 radical (unpaired) electrons. The molecular formula is C14H27N3O3. The first kappa shape index (κ1) is 16.9. The lowest BCUT2D eigenvalue weighted by atomic mass is 10.0. The first-order valence-electron chi connectivity index (χ1n) is 7.19. The Morgan fingerprint density at radius 2 is 1.80 bits per heavy atom. The number of nitrogens with zero attached hydrogens (tertiary/aromatic N) is 3. The molecule has 1 saturated heterocycles. The summed E-state index contributed by atoms with van der Waals surface area (Å²) in [6.07, 6.45) is 2.30. The zero-order valence-electron chi connectivity index (χ0n) is 13.0. The molecule has 1 atom stereocenters. The van der Waals surface area contributed by atoms with Gasteiger partial charge in [0.2, 0.25) is 5.91 Å². The van der Waals surface area contributed by atoms with Crippen molar-refractivity contribution < 1.29 is 14.7 Å². The first-order chi connectivity index (χ1) is 9.32. The molecule has 116 valence electrons. The Bertz CT molecular complexity index is 341. The van der Waals surface area contributed by atoms with Gasteiger partial charge in [0.15, 0.2) is 0 Å². The molecule has 6 heteroatoms. The van der Waals surface area contributed by atoms with Crippen LogP contribution in [0.2, 0.25) is 0 Å². The van der Waals surface area contributed by atoms with Crippen molar-refractivity contribution in [3.63, 3.8) is 0 Å². The fourth-order valence-electron chi connectivity index (χ4n) is 2.47. The van der Waals surface area contributed by atoms with Gasteiger partial charge in [0.1, 0.15) is 5.92 Å². The van der Waals surface area contributed by atoms with Gasteiger partial charge in [-0.05, 0) is 47.0 Å². The zero-order chi connectivity index (χ0) is 15.3. The Kier molecular flexibility index (Phi) is 6.42. The van der Waals surface area contributed by atoms with Crippen LogP contribution in [-0.2, 0) is 9.59 Å². The quantitative estimate of drug-likeness (QED) is 0.706. The highest BCUT2D eigenvalue weighted by Gasteiger charge is 2.25. The number of aliphatic carboxylic acids is 1. The average molecular weight is 285 g/mol. The van der Waals surface area contributed by atoms with Crippen molar-refractivity contribution in [2.45, 2.75) is 25.8 Å². The molecule has 1 amide bonds. The molecule has 1 heterocycles. The van der Waals surface area contributed by atoms with Gasteiger partial charge < -0.3 is 19.8 Å². The average Bonchev–Trinajstić information content (AvgIpc) is 2.43. The molecular weight excluding hydrogens is 258 g/mol. The van der Waals surface area contributed by atoms with Crippen LogP contribution in [0.5, 0.6) is 0 Å². The summed E-state index contributed by atoms with van der Waals surface area (Å²) in [5.41, 5.74) is 0. The van der Waals surface area contributed by atoms with Crippen molar-refractivity contribution in [2.24, 2.45) is 5.92 Å². The lowest BCUT2D eigenvalue weighted by Gasteiger charge is -2.35. The molecule has 20 heavy (non-hydrogen) atoms. The highest BCUT2D eigenvalue weighted by Crippen LogP contribution is 2.13. The Balaban J connectivity index is 2.35. The maximum Gasteiger partial charge on any atom is 0.315 e. The van der Waals surface area contributed by atoms with Gasteiger partial charge in [0, 0.05) is 26.2 Å². The number of likely N-dealkylation sites (N-methyl/N-ethyl adjacent to an activating group) is 2. The minimum Gasteiger partial charge on any atom is -0.481 e. The van der Waals surface area contributed by atoms with E-state index in [2.05, 4.69) is 23.9 Å². The number of hydrogen-bond donors (Lipinski definition) is 1. The number of rotatable bonds is 6.